The summed E-state index contributed by atoms with van der Waals surface area (Å²) in [5, 5.41) is 3.93. The molecule has 3 aromatic rings. The van der Waals surface area contributed by atoms with Gasteiger partial charge in [0, 0.05) is 11.1 Å². The summed E-state index contributed by atoms with van der Waals surface area (Å²) in [4.78, 5) is 17.1. The number of pyridine rings is 1. The highest BCUT2D eigenvalue weighted by Crippen LogP contribution is 2.23. The molecule has 3 rings (SSSR count). The summed E-state index contributed by atoms with van der Waals surface area (Å²) in [7, 11) is 0. The Bertz CT molecular complexity index is 914. The average molecular weight is 334 g/mol. The number of aryl methyl sites for hydroxylation is 3. The first-order valence-corrected chi connectivity index (χ1v) is 8.34. The molecule has 0 radical (unpaired) electrons. The highest BCUT2D eigenvalue weighted by Gasteiger charge is 2.16. The first-order chi connectivity index (χ1) is 11.9. The van der Waals surface area contributed by atoms with Gasteiger partial charge in [-0.25, -0.2) is 0 Å². The summed E-state index contributed by atoms with van der Waals surface area (Å²) in [5.41, 5.74) is 4.61. The first kappa shape index (κ1) is 17.0. The molecule has 0 bridgehead atoms. The Hall–Kier alpha value is -2.88. The number of carbonyl (C=O) groups excluding carboxylic acids is 1. The standard InChI is InChI=1S/C21H22N2O2/c1-13-10-14(2)12-18(11-13)25-16(4)21(24)23-19-7-5-6-17-9-8-15(3)22-20(17)19/h5-12,16H,1-4H3,(H,23,24)/t16-/m0/s1. The van der Waals surface area contributed by atoms with Crippen molar-refractivity contribution in [2.75, 3.05) is 5.32 Å². The van der Waals surface area contributed by atoms with Crippen LogP contribution in [0.2, 0.25) is 0 Å². The smallest absolute Gasteiger partial charge is 0.265 e. The van der Waals surface area contributed by atoms with Gasteiger partial charge in [0.2, 0.25) is 0 Å². The molecule has 1 atom stereocenters. The maximum Gasteiger partial charge on any atom is 0.265 e. The van der Waals surface area contributed by atoms with Crippen molar-refractivity contribution in [1.82, 2.24) is 4.98 Å². The van der Waals surface area contributed by atoms with E-state index in [9.17, 15) is 4.79 Å². The van der Waals surface area contributed by atoms with Crippen LogP contribution in [-0.4, -0.2) is 17.0 Å². The van der Waals surface area contributed by atoms with Crippen molar-refractivity contribution in [3.63, 3.8) is 0 Å². The minimum absolute atomic E-state index is 0.199. The van der Waals surface area contributed by atoms with Gasteiger partial charge >= 0.3 is 0 Å². The summed E-state index contributed by atoms with van der Waals surface area (Å²) >= 11 is 0. The van der Waals surface area contributed by atoms with Gasteiger partial charge in [0.25, 0.3) is 5.91 Å². The number of hydrogen-bond donors (Lipinski definition) is 1. The number of benzene rings is 2. The number of amides is 1. The molecule has 1 N–H and O–H groups in total. The normalized spacial score (nSPS) is 12.0. The molecule has 0 aliphatic rings. The van der Waals surface area contributed by atoms with E-state index in [0.29, 0.717) is 11.4 Å². The van der Waals surface area contributed by atoms with Gasteiger partial charge < -0.3 is 10.1 Å². The van der Waals surface area contributed by atoms with Gasteiger partial charge in [-0.1, -0.05) is 24.3 Å². The lowest BCUT2D eigenvalue weighted by Gasteiger charge is -2.16. The molecule has 0 spiro atoms. The molecule has 25 heavy (non-hydrogen) atoms. The molecule has 128 valence electrons. The van der Waals surface area contributed by atoms with E-state index in [0.717, 1.165) is 27.7 Å². The molecular formula is C21H22N2O2. The predicted octanol–water partition coefficient (Wildman–Crippen LogP) is 4.57. The highest BCUT2D eigenvalue weighted by atomic mass is 16.5. The van der Waals surface area contributed by atoms with Gasteiger partial charge in [0.15, 0.2) is 6.10 Å². The summed E-state index contributed by atoms with van der Waals surface area (Å²) in [6.07, 6.45) is -0.610. The number of carbonyl (C=O) groups is 1. The van der Waals surface area contributed by atoms with Crippen LogP contribution < -0.4 is 10.1 Å². The van der Waals surface area contributed by atoms with E-state index in [4.69, 9.17) is 4.74 Å². The van der Waals surface area contributed by atoms with E-state index in [-0.39, 0.29) is 5.91 Å². The van der Waals surface area contributed by atoms with Crippen LogP contribution in [0.15, 0.2) is 48.5 Å². The number of nitrogens with one attached hydrogen (secondary N) is 1. The Morgan fingerprint density at radius 3 is 2.48 bits per heavy atom. The molecule has 1 aromatic heterocycles. The highest BCUT2D eigenvalue weighted by molar-refractivity contribution is 6.01. The minimum Gasteiger partial charge on any atom is -0.481 e. The number of anilines is 1. The topological polar surface area (TPSA) is 51.2 Å². The number of aromatic nitrogens is 1. The third-order valence-corrected chi connectivity index (χ3v) is 3.99. The summed E-state index contributed by atoms with van der Waals surface area (Å²) < 4.78 is 5.81. The zero-order valence-corrected chi connectivity index (χ0v) is 15.0. The fourth-order valence-corrected chi connectivity index (χ4v) is 2.84. The fraction of sp³-hybridized carbons (Fsp3) is 0.238. The number of para-hydroxylation sites is 1. The maximum atomic E-state index is 12.6. The molecule has 4 nitrogen and oxygen atoms in total. The van der Waals surface area contributed by atoms with E-state index in [1.165, 1.54) is 0 Å². The summed E-state index contributed by atoms with van der Waals surface area (Å²) in [6.45, 7) is 7.70. The molecule has 1 heterocycles. The zero-order valence-electron chi connectivity index (χ0n) is 15.0. The van der Waals surface area contributed by atoms with E-state index in [1.54, 1.807) is 6.92 Å². The largest absolute Gasteiger partial charge is 0.481 e. The lowest BCUT2D eigenvalue weighted by Crippen LogP contribution is -2.30. The van der Waals surface area contributed by atoms with Crippen LogP contribution >= 0.6 is 0 Å². The van der Waals surface area contributed by atoms with E-state index in [2.05, 4.69) is 16.4 Å². The lowest BCUT2D eigenvalue weighted by molar-refractivity contribution is -0.122. The Balaban J connectivity index is 1.79. The van der Waals surface area contributed by atoms with Crippen LogP contribution in [0.5, 0.6) is 5.75 Å². The Labute approximate surface area is 147 Å². The molecule has 0 saturated carbocycles. The number of rotatable bonds is 4. The second kappa shape index (κ2) is 6.93. The molecule has 0 saturated heterocycles. The molecule has 1 amide bonds. The van der Waals surface area contributed by atoms with Crippen LogP contribution in [0.1, 0.15) is 23.7 Å². The van der Waals surface area contributed by atoms with Crippen molar-refractivity contribution in [3.05, 3.63) is 65.4 Å². The zero-order chi connectivity index (χ0) is 18.0. The van der Waals surface area contributed by atoms with Crippen LogP contribution in [0.25, 0.3) is 10.9 Å². The predicted molar refractivity (Wildman–Crippen MR) is 101 cm³/mol. The Morgan fingerprint density at radius 1 is 1.04 bits per heavy atom. The van der Waals surface area contributed by atoms with Gasteiger partial charge in [-0.05, 0) is 63.1 Å². The molecule has 4 heteroatoms. The number of nitrogens with zero attached hydrogens (tertiary/aromatic N) is 1. The van der Waals surface area contributed by atoms with Gasteiger partial charge in [-0.3, -0.25) is 9.78 Å². The molecule has 0 unspecified atom stereocenters. The van der Waals surface area contributed by atoms with Crippen molar-refractivity contribution >= 4 is 22.5 Å². The lowest BCUT2D eigenvalue weighted by atomic mass is 10.1. The molecule has 0 fully saturated rings. The van der Waals surface area contributed by atoms with Crippen molar-refractivity contribution < 1.29 is 9.53 Å². The van der Waals surface area contributed by atoms with Gasteiger partial charge in [0.1, 0.15) is 5.75 Å². The second-order valence-corrected chi connectivity index (χ2v) is 6.40. The van der Waals surface area contributed by atoms with Crippen molar-refractivity contribution in [2.45, 2.75) is 33.8 Å². The van der Waals surface area contributed by atoms with Gasteiger partial charge in [-0.15, -0.1) is 0 Å². The van der Waals surface area contributed by atoms with Crippen LogP contribution in [0.3, 0.4) is 0 Å². The first-order valence-electron chi connectivity index (χ1n) is 8.34. The number of hydrogen-bond acceptors (Lipinski definition) is 3. The third kappa shape index (κ3) is 3.97. The molecule has 0 aliphatic carbocycles. The van der Waals surface area contributed by atoms with Crippen molar-refractivity contribution in [3.8, 4) is 5.75 Å². The summed E-state index contributed by atoms with van der Waals surface area (Å²) in [5.74, 6) is 0.502. The van der Waals surface area contributed by atoms with Crippen LogP contribution in [0, 0.1) is 20.8 Å². The van der Waals surface area contributed by atoms with Gasteiger partial charge in [-0.2, -0.15) is 0 Å². The summed E-state index contributed by atoms with van der Waals surface area (Å²) in [6, 6.07) is 15.6. The quantitative estimate of drug-likeness (QED) is 0.760. The Morgan fingerprint density at radius 2 is 1.76 bits per heavy atom. The maximum absolute atomic E-state index is 12.6. The minimum atomic E-state index is -0.610. The van der Waals surface area contributed by atoms with Crippen LogP contribution in [-0.2, 0) is 4.79 Å². The van der Waals surface area contributed by atoms with E-state index in [1.807, 2.05) is 63.2 Å². The van der Waals surface area contributed by atoms with Crippen LogP contribution in [0.4, 0.5) is 5.69 Å². The van der Waals surface area contributed by atoms with E-state index < -0.39 is 6.10 Å². The van der Waals surface area contributed by atoms with E-state index >= 15 is 0 Å². The number of fused-ring (bicyclic) bond motifs is 1. The third-order valence-electron chi connectivity index (χ3n) is 3.99. The molecule has 0 aliphatic heterocycles. The number of ether oxygens (including phenoxy) is 1. The fourth-order valence-electron chi connectivity index (χ4n) is 2.84. The monoisotopic (exact) mass is 334 g/mol. The molecular weight excluding hydrogens is 312 g/mol. The average Bonchev–Trinajstić information content (AvgIpc) is 2.54. The van der Waals surface area contributed by atoms with Crippen molar-refractivity contribution in [2.24, 2.45) is 0 Å². The molecule has 2 aromatic carbocycles. The SMILES string of the molecule is Cc1cc(C)cc(O[C@@H](C)C(=O)Nc2cccc3ccc(C)nc23)c1. The van der Waals surface area contributed by atoms with Crippen molar-refractivity contribution in [1.29, 1.82) is 0 Å². The van der Waals surface area contributed by atoms with Gasteiger partial charge in [0.05, 0.1) is 11.2 Å². The second-order valence-electron chi connectivity index (χ2n) is 6.40. The Kier molecular flexibility index (Phi) is 4.70.